The molecule has 1 nitrogen and oxygen atoms in total. The van der Waals surface area contributed by atoms with Gasteiger partial charge in [-0.2, -0.15) is 0 Å². The second kappa shape index (κ2) is 5.35. The van der Waals surface area contributed by atoms with Crippen LogP contribution < -0.4 is 5.32 Å². The molecule has 0 spiro atoms. The fourth-order valence-electron chi connectivity index (χ4n) is 0.353. The van der Waals surface area contributed by atoms with Gasteiger partial charge in [-0.1, -0.05) is 6.08 Å². The summed E-state index contributed by atoms with van der Waals surface area (Å²) in [6, 6.07) is 0. The third-order valence-electron chi connectivity index (χ3n) is 0.854. The second-order valence-corrected chi connectivity index (χ2v) is 1.79. The van der Waals surface area contributed by atoms with E-state index >= 15 is 0 Å². The predicted molar refractivity (Wildman–Crippen MR) is 37.9 cm³/mol. The number of hydrogen-bond donors (Lipinski definition) is 1. The molecule has 9 heavy (non-hydrogen) atoms. The summed E-state index contributed by atoms with van der Waals surface area (Å²) in [4.78, 5) is 0. The molecule has 0 fully saturated rings. The maximum Gasteiger partial charge on any atom is 0.111 e. The predicted octanol–water partition coefficient (Wildman–Crippen LogP) is 1.64. The summed E-state index contributed by atoms with van der Waals surface area (Å²) in [6.07, 6.45) is 5.25. The van der Waals surface area contributed by atoms with E-state index in [0.29, 0.717) is 0 Å². The summed E-state index contributed by atoms with van der Waals surface area (Å²) < 4.78 is 11.7. The number of allylic oxidation sites excluding steroid dienone is 3. The smallest absolute Gasteiger partial charge is 0.111 e. The van der Waals surface area contributed by atoms with Crippen LogP contribution in [0, 0.1) is 0 Å². The number of rotatable bonds is 3. The molecule has 0 aromatic carbocycles. The molecular weight excluding hydrogens is 117 g/mol. The topological polar surface area (TPSA) is 12.0 Å². The molecule has 0 amide bonds. The zero-order valence-electron chi connectivity index (χ0n) is 5.82. The van der Waals surface area contributed by atoms with E-state index in [4.69, 9.17) is 0 Å². The van der Waals surface area contributed by atoms with Crippen molar-refractivity contribution >= 4 is 0 Å². The number of halogens is 1. The van der Waals surface area contributed by atoms with Gasteiger partial charge in [-0.15, -0.1) is 0 Å². The first-order chi connectivity index (χ1) is 4.31. The molecule has 0 aromatic heterocycles. The number of hydrogen-bond acceptors (Lipinski definition) is 1. The Kier molecular flexibility index (Phi) is 4.88. The molecule has 52 valence electrons. The minimum Gasteiger partial charge on any atom is -0.394 e. The van der Waals surface area contributed by atoms with Crippen LogP contribution in [0.15, 0.2) is 23.9 Å². The van der Waals surface area contributed by atoms with Gasteiger partial charge in [0.05, 0.1) is 0 Å². The lowest BCUT2D eigenvalue weighted by atomic mass is 10.3. The van der Waals surface area contributed by atoms with Crippen molar-refractivity contribution in [1.82, 2.24) is 5.32 Å². The highest BCUT2D eigenvalue weighted by atomic mass is 19.1. The SMILES string of the molecule is CN/C=C\C=C(\C)CF. The summed E-state index contributed by atoms with van der Waals surface area (Å²) >= 11 is 0. The molecule has 0 saturated heterocycles. The Labute approximate surface area is 55.3 Å². The zero-order valence-corrected chi connectivity index (χ0v) is 5.82. The lowest BCUT2D eigenvalue weighted by molar-refractivity contribution is 0.543. The van der Waals surface area contributed by atoms with E-state index in [1.807, 2.05) is 0 Å². The van der Waals surface area contributed by atoms with Crippen molar-refractivity contribution in [3.63, 3.8) is 0 Å². The average molecular weight is 129 g/mol. The lowest BCUT2D eigenvalue weighted by Crippen LogP contribution is -1.90. The van der Waals surface area contributed by atoms with Gasteiger partial charge in [0.25, 0.3) is 0 Å². The summed E-state index contributed by atoms with van der Waals surface area (Å²) in [5.41, 5.74) is 0.738. The normalized spacial score (nSPS) is 12.6. The third-order valence-corrected chi connectivity index (χ3v) is 0.854. The Bertz CT molecular complexity index is 116. The van der Waals surface area contributed by atoms with Crippen LogP contribution in [0.4, 0.5) is 4.39 Å². The van der Waals surface area contributed by atoms with Crippen LogP contribution in [0.2, 0.25) is 0 Å². The molecule has 0 unspecified atom stereocenters. The van der Waals surface area contributed by atoms with Crippen molar-refractivity contribution in [3.05, 3.63) is 23.9 Å². The summed E-state index contributed by atoms with van der Waals surface area (Å²) in [7, 11) is 1.80. The standard InChI is InChI=1S/C7H12FN/c1-7(6-8)4-3-5-9-2/h3-5,9H,6H2,1-2H3/b5-3-,7-4-. The van der Waals surface area contributed by atoms with Crippen molar-refractivity contribution in [3.8, 4) is 0 Å². The third kappa shape index (κ3) is 5.07. The molecular formula is C7H12FN. The van der Waals surface area contributed by atoms with Gasteiger partial charge in [0.2, 0.25) is 0 Å². The Morgan fingerprint density at radius 3 is 2.78 bits per heavy atom. The highest BCUT2D eigenvalue weighted by molar-refractivity contribution is 5.09. The maximum atomic E-state index is 11.7. The summed E-state index contributed by atoms with van der Waals surface area (Å²) in [5.74, 6) is 0. The second-order valence-electron chi connectivity index (χ2n) is 1.79. The molecule has 0 heterocycles. The molecule has 0 rings (SSSR count). The van der Waals surface area contributed by atoms with Gasteiger partial charge < -0.3 is 5.32 Å². The van der Waals surface area contributed by atoms with Gasteiger partial charge >= 0.3 is 0 Å². The lowest BCUT2D eigenvalue weighted by Gasteiger charge is -1.86. The van der Waals surface area contributed by atoms with Crippen LogP contribution in [-0.4, -0.2) is 13.7 Å². The first kappa shape index (κ1) is 8.21. The van der Waals surface area contributed by atoms with Crippen LogP contribution in [0.5, 0.6) is 0 Å². The molecule has 0 aliphatic rings. The first-order valence-electron chi connectivity index (χ1n) is 2.86. The summed E-state index contributed by atoms with van der Waals surface area (Å²) in [5, 5.41) is 2.80. The van der Waals surface area contributed by atoms with E-state index in [1.54, 1.807) is 32.3 Å². The van der Waals surface area contributed by atoms with Crippen LogP contribution in [0.1, 0.15) is 6.92 Å². The number of alkyl halides is 1. The van der Waals surface area contributed by atoms with E-state index in [-0.39, 0.29) is 6.67 Å². The van der Waals surface area contributed by atoms with Gasteiger partial charge in [0, 0.05) is 7.05 Å². The molecule has 0 saturated carbocycles. The van der Waals surface area contributed by atoms with Crippen LogP contribution in [-0.2, 0) is 0 Å². The van der Waals surface area contributed by atoms with E-state index < -0.39 is 0 Å². The Hall–Kier alpha value is -0.790. The van der Waals surface area contributed by atoms with Crippen molar-refractivity contribution in [2.75, 3.05) is 13.7 Å². The fourth-order valence-corrected chi connectivity index (χ4v) is 0.353. The molecule has 0 radical (unpaired) electrons. The molecule has 2 heteroatoms. The maximum absolute atomic E-state index is 11.7. The van der Waals surface area contributed by atoms with Gasteiger partial charge in [-0.3, -0.25) is 0 Å². The van der Waals surface area contributed by atoms with Gasteiger partial charge in [-0.25, -0.2) is 4.39 Å². The molecule has 0 atom stereocenters. The van der Waals surface area contributed by atoms with Crippen molar-refractivity contribution in [1.29, 1.82) is 0 Å². The molecule has 0 aliphatic carbocycles. The Morgan fingerprint density at radius 2 is 2.33 bits per heavy atom. The first-order valence-corrected chi connectivity index (χ1v) is 2.86. The van der Waals surface area contributed by atoms with Gasteiger partial charge in [0.15, 0.2) is 0 Å². The minimum atomic E-state index is -0.367. The minimum absolute atomic E-state index is 0.367. The van der Waals surface area contributed by atoms with E-state index in [2.05, 4.69) is 5.32 Å². The molecule has 0 aliphatic heterocycles. The zero-order chi connectivity index (χ0) is 7.11. The molecule has 0 bridgehead atoms. The average Bonchev–Trinajstić information content (AvgIpc) is 1.89. The van der Waals surface area contributed by atoms with Crippen molar-refractivity contribution in [2.24, 2.45) is 0 Å². The number of nitrogens with one attached hydrogen (secondary N) is 1. The van der Waals surface area contributed by atoms with Crippen molar-refractivity contribution in [2.45, 2.75) is 6.92 Å². The summed E-state index contributed by atoms with van der Waals surface area (Å²) in [6.45, 7) is 1.38. The van der Waals surface area contributed by atoms with Gasteiger partial charge in [0.1, 0.15) is 6.67 Å². The van der Waals surface area contributed by atoms with Crippen molar-refractivity contribution < 1.29 is 4.39 Å². The molecule has 1 N–H and O–H groups in total. The quantitative estimate of drug-likeness (QED) is 0.571. The highest BCUT2D eigenvalue weighted by Crippen LogP contribution is 1.91. The van der Waals surface area contributed by atoms with E-state index in [1.165, 1.54) is 0 Å². The fraction of sp³-hybridized carbons (Fsp3) is 0.429. The Balaban J connectivity index is 3.55. The highest BCUT2D eigenvalue weighted by Gasteiger charge is 1.79. The van der Waals surface area contributed by atoms with Crippen LogP contribution in [0.3, 0.4) is 0 Å². The van der Waals surface area contributed by atoms with E-state index in [9.17, 15) is 4.39 Å². The Morgan fingerprint density at radius 1 is 1.67 bits per heavy atom. The van der Waals surface area contributed by atoms with Gasteiger partial charge in [-0.05, 0) is 24.8 Å². The molecule has 0 aromatic rings. The largest absolute Gasteiger partial charge is 0.394 e. The van der Waals surface area contributed by atoms with Crippen LogP contribution >= 0.6 is 0 Å². The monoisotopic (exact) mass is 129 g/mol. The van der Waals surface area contributed by atoms with E-state index in [0.717, 1.165) is 5.57 Å². The van der Waals surface area contributed by atoms with Crippen LogP contribution in [0.25, 0.3) is 0 Å².